The van der Waals surface area contributed by atoms with E-state index in [4.69, 9.17) is 0 Å². The Morgan fingerprint density at radius 1 is 1.29 bits per heavy atom. The first-order valence-corrected chi connectivity index (χ1v) is 7.31. The molecule has 3 nitrogen and oxygen atoms in total. The number of nitrogens with one attached hydrogen (secondary N) is 1. The van der Waals surface area contributed by atoms with E-state index in [0.717, 1.165) is 30.2 Å². The van der Waals surface area contributed by atoms with Gasteiger partial charge in [-0.05, 0) is 40.9 Å². The van der Waals surface area contributed by atoms with E-state index >= 15 is 0 Å². The van der Waals surface area contributed by atoms with Gasteiger partial charge in [-0.15, -0.1) is 0 Å². The van der Waals surface area contributed by atoms with Crippen LogP contribution in [0, 0.1) is 0 Å². The van der Waals surface area contributed by atoms with Crippen molar-refractivity contribution in [3.63, 3.8) is 0 Å². The SMILES string of the molecule is O=C(Nc1ccc(Br)cn1)C1(Br)CCCCC1. The van der Waals surface area contributed by atoms with E-state index in [1.165, 1.54) is 6.42 Å². The number of alkyl halides is 1. The first-order chi connectivity index (χ1) is 8.10. The Labute approximate surface area is 118 Å². The minimum atomic E-state index is -0.403. The molecule has 92 valence electrons. The zero-order valence-corrected chi connectivity index (χ0v) is 12.6. The van der Waals surface area contributed by atoms with Crippen LogP contribution in [0.15, 0.2) is 22.8 Å². The van der Waals surface area contributed by atoms with E-state index in [1.54, 1.807) is 12.3 Å². The number of halogens is 2. The molecule has 1 aliphatic carbocycles. The molecule has 0 aromatic carbocycles. The monoisotopic (exact) mass is 360 g/mol. The van der Waals surface area contributed by atoms with Gasteiger partial charge >= 0.3 is 0 Å². The summed E-state index contributed by atoms with van der Waals surface area (Å²) >= 11 is 6.90. The zero-order valence-electron chi connectivity index (χ0n) is 9.38. The zero-order chi connectivity index (χ0) is 12.3. The van der Waals surface area contributed by atoms with Gasteiger partial charge in [-0.2, -0.15) is 0 Å². The van der Waals surface area contributed by atoms with E-state index in [2.05, 4.69) is 42.2 Å². The molecule has 0 aliphatic heterocycles. The van der Waals surface area contributed by atoms with Crippen LogP contribution < -0.4 is 5.32 Å². The van der Waals surface area contributed by atoms with E-state index in [0.29, 0.717) is 5.82 Å². The first-order valence-electron chi connectivity index (χ1n) is 5.72. The van der Waals surface area contributed by atoms with E-state index in [9.17, 15) is 4.79 Å². The molecule has 1 fully saturated rings. The molecule has 0 unspecified atom stereocenters. The second-order valence-electron chi connectivity index (χ2n) is 4.34. The van der Waals surface area contributed by atoms with Crippen LogP contribution in [0.1, 0.15) is 32.1 Å². The molecule has 0 spiro atoms. The van der Waals surface area contributed by atoms with Crippen molar-refractivity contribution in [1.29, 1.82) is 0 Å². The Bertz CT molecular complexity index is 399. The smallest absolute Gasteiger partial charge is 0.242 e. The largest absolute Gasteiger partial charge is 0.309 e. The minimum Gasteiger partial charge on any atom is -0.309 e. The number of carbonyl (C=O) groups is 1. The predicted octanol–water partition coefficient (Wildman–Crippen LogP) is 3.88. The van der Waals surface area contributed by atoms with Crippen LogP contribution in [0.2, 0.25) is 0 Å². The Morgan fingerprint density at radius 2 is 2.00 bits per heavy atom. The summed E-state index contributed by atoms with van der Waals surface area (Å²) in [5.74, 6) is 0.620. The number of carbonyl (C=O) groups excluding carboxylic acids is 1. The van der Waals surface area contributed by atoms with Crippen LogP contribution in [0.25, 0.3) is 0 Å². The van der Waals surface area contributed by atoms with E-state index in [-0.39, 0.29) is 5.91 Å². The Hall–Kier alpha value is -0.420. The molecular weight excluding hydrogens is 348 g/mol. The molecule has 1 amide bonds. The van der Waals surface area contributed by atoms with Gasteiger partial charge in [-0.3, -0.25) is 4.79 Å². The highest BCUT2D eigenvalue weighted by molar-refractivity contribution is 9.10. The summed E-state index contributed by atoms with van der Waals surface area (Å²) in [6.07, 6.45) is 6.90. The fraction of sp³-hybridized carbons (Fsp3) is 0.500. The first kappa shape index (κ1) is 13.0. The highest BCUT2D eigenvalue weighted by Gasteiger charge is 2.36. The standard InChI is InChI=1S/C12H14Br2N2O/c13-9-4-5-10(15-8-9)16-11(17)12(14)6-2-1-3-7-12/h4-5,8H,1-3,6-7H2,(H,15,16,17). The second-order valence-corrected chi connectivity index (χ2v) is 6.78. The molecule has 17 heavy (non-hydrogen) atoms. The summed E-state index contributed by atoms with van der Waals surface area (Å²) in [6.45, 7) is 0. The lowest BCUT2D eigenvalue weighted by Crippen LogP contribution is -2.39. The topological polar surface area (TPSA) is 42.0 Å². The Morgan fingerprint density at radius 3 is 2.59 bits per heavy atom. The number of nitrogens with zero attached hydrogens (tertiary/aromatic N) is 1. The quantitative estimate of drug-likeness (QED) is 0.812. The molecular formula is C12H14Br2N2O. The van der Waals surface area contributed by atoms with Crippen LogP contribution in [-0.4, -0.2) is 15.2 Å². The Balaban J connectivity index is 2.03. The van der Waals surface area contributed by atoms with Crippen molar-refractivity contribution in [2.75, 3.05) is 5.32 Å². The van der Waals surface area contributed by atoms with Crippen molar-refractivity contribution < 1.29 is 4.79 Å². The highest BCUT2D eigenvalue weighted by atomic mass is 79.9. The van der Waals surface area contributed by atoms with Crippen molar-refractivity contribution >= 4 is 43.6 Å². The fourth-order valence-electron chi connectivity index (χ4n) is 2.02. The van der Waals surface area contributed by atoms with Crippen molar-refractivity contribution in [2.45, 2.75) is 36.4 Å². The molecule has 0 bridgehead atoms. The summed E-state index contributed by atoms with van der Waals surface area (Å²) in [5, 5.41) is 2.86. The molecule has 0 saturated heterocycles. The number of pyridine rings is 1. The lowest BCUT2D eigenvalue weighted by Gasteiger charge is -2.29. The summed E-state index contributed by atoms with van der Waals surface area (Å²) in [4.78, 5) is 16.3. The molecule has 1 aromatic heterocycles. The molecule has 1 aliphatic rings. The third kappa shape index (κ3) is 3.28. The van der Waals surface area contributed by atoms with Gasteiger partial charge in [-0.25, -0.2) is 4.98 Å². The van der Waals surface area contributed by atoms with Gasteiger partial charge in [0.2, 0.25) is 5.91 Å². The van der Waals surface area contributed by atoms with Crippen molar-refractivity contribution in [3.8, 4) is 0 Å². The molecule has 1 heterocycles. The maximum Gasteiger partial charge on any atom is 0.242 e. The maximum atomic E-state index is 12.2. The average Bonchev–Trinajstić information content (AvgIpc) is 2.33. The number of anilines is 1. The lowest BCUT2D eigenvalue weighted by molar-refractivity contribution is -0.119. The number of aromatic nitrogens is 1. The van der Waals surface area contributed by atoms with Crippen molar-refractivity contribution in [2.24, 2.45) is 0 Å². The van der Waals surface area contributed by atoms with Gasteiger partial charge < -0.3 is 5.32 Å². The molecule has 1 saturated carbocycles. The summed E-state index contributed by atoms with van der Waals surface area (Å²) in [6, 6.07) is 3.66. The highest BCUT2D eigenvalue weighted by Crippen LogP contribution is 2.36. The Kier molecular flexibility index (Phi) is 4.20. The van der Waals surface area contributed by atoms with Crippen LogP contribution in [-0.2, 0) is 4.79 Å². The fourth-order valence-corrected chi connectivity index (χ4v) is 2.91. The van der Waals surface area contributed by atoms with Gasteiger partial charge in [0.05, 0.1) is 0 Å². The summed E-state index contributed by atoms with van der Waals surface area (Å²) < 4.78 is 0.502. The average molecular weight is 362 g/mol. The van der Waals surface area contributed by atoms with Crippen LogP contribution in [0.5, 0.6) is 0 Å². The number of hydrogen-bond donors (Lipinski definition) is 1. The predicted molar refractivity (Wildman–Crippen MR) is 75.3 cm³/mol. The van der Waals surface area contributed by atoms with Crippen LogP contribution in [0.3, 0.4) is 0 Å². The molecule has 0 radical (unpaired) electrons. The van der Waals surface area contributed by atoms with Gasteiger partial charge in [-0.1, -0.05) is 35.2 Å². The number of amides is 1. The van der Waals surface area contributed by atoms with Gasteiger partial charge in [0, 0.05) is 10.7 Å². The normalized spacial score (nSPS) is 18.7. The third-order valence-electron chi connectivity index (χ3n) is 3.02. The summed E-state index contributed by atoms with van der Waals surface area (Å²) in [5.41, 5.74) is 0. The minimum absolute atomic E-state index is 0.0204. The molecule has 0 atom stereocenters. The molecule has 1 aromatic rings. The van der Waals surface area contributed by atoms with Crippen molar-refractivity contribution in [3.05, 3.63) is 22.8 Å². The molecule has 5 heteroatoms. The molecule has 1 N–H and O–H groups in total. The molecule has 2 rings (SSSR count). The number of rotatable bonds is 2. The van der Waals surface area contributed by atoms with Gasteiger partial charge in [0.1, 0.15) is 10.1 Å². The summed E-state index contributed by atoms with van der Waals surface area (Å²) in [7, 11) is 0. The van der Waals surface area contributed by atoms with Gasteiger partial charge in [0.15, 0.2) is 0 Å². The van der Waals surface area contributed by atoms with E-state index in [1.807, 2.05) is 6.07 Å². The van der Waals surface area contributed by atoms with Gasteiger partial charge in [0.25, 0.3) is 0 Å². The van der Waals surface area contributed by atoms with Crippen LogP contribution >= 0.6 is 31.9 Å². The lowest BCUT2D eigenvalue weighted by atomic mass is 9.88. The van der Waals surface area contributed by atoms with E-state index < -0.39 is 4.32 Å². The maximum absolute atomic E-state index is 12.2. The number of hydrogen-bond acceptors (Lipinski definition) is 2. The second kappa shape index (κ2) is 5.48. The van der Waals surface area contributed by atoms with Crippen LogP contribution in [0.4, 0.5) is 5.82 Å². The van der Waals surface area contributed by atoms with Crippen molar-refractivity contribution in [1.82, 2.24) is 4.98 Å². The third-order valence-corrected chi connectivity index (χ3v) is 4.64.